The van der Waals surface area contributed by atoms with E-state index in [2.05, 4.69) is 24.1 Å². The monoisotopic (exact) mass is 210 g/mol. The number of hydrogen-bond donors (Lipinski definition) is 1. The van der Waals surface area contributed by atoms with Crippen LogP contribution in [0.3, 0.4) is 0 Å². The lowest BCUT2D eigenvalue weighted by Crippen LogP contribution is -2.57. The van der Waals surface area contributed by atoms with Crippen LogP contribution in [-0.2, 0) is 0 Å². The van der Waals surface area contributed by atoms with Gasteiger partial charge in [0, 0.05) is 18.1 Å². The number of piperidine rings is 1. The van der Waals surface area contributed by atoms with Gasteiger partial charge in [0.1, 0.15) is 0 Å². The molecule has 0 saturated carbocycles. The molecule has 88 valence electrons. The van der Waals surface area contributed by atoms with Gasteiger partial charge in [-0.2, -0.15) is 0 Å². The van der Waals surface area contributed by atoms with Crippen molar-refractivity contribution in [1.82, 2.24) is 10.2 Å². The van der Waals surface area contributed by atoms with E-state index in [-0.39, 0.29) is 0 Å². The molecular formula is C13H26N2. The smallest absolute Gasteiger partial charge is 0.0337 e. The first-order chi connectivity index (χ1) is 7.32. The lowest BCUT2D eigenvalue weighted by molar-refractivity contribution is 0.0582. The van der Waals surface area contributed by atoms with Crippen LogP contribution in [0.25, 0.3) is 0 Å². The summed E-state index contributed by atoms with van der Waals surface area (Å²) in [6, 6.07) is 0.826. The highest BCUT2D eigenvalue weighted by Crippen LogP contribution is 2.37. The van der Waals surface area contributed by atoms with Crippen LogP contribution >= 0.6 is 0 Å². The Labute approximate surface area is 94.4 Å². The Morgan fingerprint density at radius 1 is 1.20 bits per heavy atom. The summed E-state index contributed by atoms with van der Waals surface area (Å²) < 4.78 is 0. The first kappa shape index (κ1) is 11.4. The topological polar surface area (TPSA) is 15.3 Å². The number of nitrogens with one attached hydrogen (secondary N) is 1. The highest BCUT2D eigenvalue weighted by atomic mass is 15.3. The van der Waals surface area contributed by atoms with Crippen LogP contribution in [0.5, 0.6) is 0 Å². The maximum Gasteiger partial charge on any atom is 0.0337 e. The average molecular weight is 210 g/mol. The predicted octanol–water partition coefficient (Wildman–Crippen LogP) is 2.39. The number of rotatable bonds is 3. The molecule has 15 heavy (non-hydrogen) atoms. The van der Waals surface area contributed by atoms with Crippen molar-refractivity contribution in [2.75, 3.05) is 19.6 Å². The summed E-state index contributed by atoms with van der Waals surface area (Å²) in [4.78, 5) is 2.83. The molecule has 2 aliphatic rings. The number of nitrogens with zero attached hydrogens (tertiary/aromatic N) is 1. The maximum absolute atomic E-state index is 3.61. The minimum atomic E-state index is 0.537. The molecule has 0 radical (unpaired) electrons. The molecule has 2 fully saturated rings. The second-order valence-corrected chi connectivity index (χ2v) is 5.27. The molecule has 2 saturated heterocycles. The van der Waals surface area contributed by atoms with E-state index >= 15 is 0 Å². The Hall–Kier alpha value is -0.0800. The Bertz CT molecular complexity index is 193. The van der Waals surface area contributed by atoms with Gasteiger partial charge in [-0.15, -0.1) is 0 Å². The Kier molecular flexibility index (Phi) is 3.68. The summed E-state index contributed by atoms with van der Waals surface area (Å²) in [7, 11) is 0. The summed E-state index contributed by atoms with van der Waals surface area (Å²) in [5.41, 5.74) is 0.537. The largest absolute Gasteiger partial charge is 0.315 e. The van der Waals surface area contributed by atoms with E-state index in [0.717, 1.165) is 6.04 Å². The zero-order chi connectivity index (χ0) is 10.7. The van der Waals surface area contributed by atoms with Crippen LogP contribution in [0.1, 0.15) is 52.4 Å². The van der Waals surface area contributed by atoms with Crippen molar-refractivity contribution < 1.29 is 0 Å². The van der Waals surface area contributed by atoms with E-state index < -0.39 is 0 Å². The number of likely N-dealkylation sites (tertiary alicyclic amines) is 1. The average Bonchev–Trinajstić information content (AvgIpc) is 2.66. The van der Waals surface area contributed by atoms with Crippen LogP contribution in [0.15, 0.2) is 0 Å². The summed E-state index contributed by atoms with van der Waals surface area (Å²) in [6.45, 7) is 8.50. The van der Waals surface area contributed by atoms with Crippen LogP contribution in [0.4, 0.5) is 0 Å². The van der Waals surface area contributed by atoms with Crippen molar-refractivity contribution in [3.05, 3.63) is 0 Å². The SMILES string of the molecule is CCC(CC)N1CCCC12CCCNC2. The lowest BCUT2D eigenvalue weighted by atomic mass is 9.86. The summed E-state index contributed by atoms with van der Waals surface area (Å²) in [5.74, 6) is 0. The standard InChI is InChI=1S/C13H26N2/c1-3-12(4-2)15-10-6-8-13(15)7-5-9-14-11-13/h12,14H,3-11H2,1-2H3. The van der Waals surface area contributed by atoms with Gasteiger partial charge in [0.25, 0.3) is 0 Å². The number of hydrogen-bond acceptors (Lipinski definition) is 2. The van der Waals surface area contributed by atoms with Gasteiger partial charge in [-0.3, -0.25) is 4.90 Å². The van der Waals surface area contributed by atoms with E-state index in [1.54, 1.807) is 0 Å². The Balaban J connectivity index is 2.08. The normalized spacial score (nSPS) is 33.0. The van der Waals surface area contributed by atoms with Crippen molar-refractivity contribution in [3.8, 4) is 0 Å². The second-order valence-electron chi connectivity index (χ2n) is 5.27. The molecule has 1 atom stereocenters. The molecule has 0 aromatic carbocycles. The minimum absolute atomic E-state index is 0.537. The van der Waals surface area contributed by atoms with Crippen LogP contribution < -0.4 is 5.32 Å². The van der Waals surface area contributed by atoms with Gasteiger partial charge in [0.05, 0.1) is 0 Å². The van der Waals surface area contributed by atoms with Crippen molar-refractivity contribution in [3.63, 3.8) is 0 Å². The highest BCUT2D eigenvalue weighted by Gasteiger charge is 2.43. The first-order valence-corrected chi connectivity index (χ1v) is 6.80. The van der Waals surface area contributed by atoms with Gasteiger partial charge in [-0.1, -0.05) is 13.8 Å². The van der Waals surface area contributed by atoms with Crippen molar-refractivity contribution in [2.24, 2.45) is 0 Å². The third kappa shape index (κ3) is 2.07. The van der Waals surface area contributed by atoms with Crippen molar-refractivity contribution >= 4 is 0 Å². The molecule has 0 aliphatic carbocycles. The molecule has 0 bridgehead atoms. The molecule has 2 aliphatic heterocycles. The third-order valence-corrected chi connectivity index (χ3v) is 4.48. The molecule has 1 spiro atoms. The van der Waals surface area contributed by atoms with E-state index in [9.17, 15) is 0 Å². The van der Waals surface area contributed by atoms with Crippen LogP contribution in [-0.4, -0.2) is 36.1 Å². The van der Waals surface area contributed by atoms with Crippen LogP contribution in [0, 0.1) is 0 Å². The molecule has 0 aromatic rings. The Morgan fingerprint density at radius 3 is 2.53 bits per heavy atom. The van der Waals surface area contributed by atoms with E-state index in [0.29, 0.717) is 5.54 Å². The van der Waals surface area contributed by atoms with Gasteiger partial charge in [-0.25, -0.2) is 0 Å². The molecule has 2 heterocycles. The third-order valence-electron chi connectivity index (χ3n) is 4.48. The molecular weight excluding hydrogens is 184 g/mol. The lowest BCUT2D eigenvalue weighted by Gasteiger charge is -2.45. The fourth-order valence-electron chi connectivity index (χ4n) is 3.67. The molecule has 0 amide bonds. The zero-order valence-corrected chi connectivity index (χ0v) is 10.4. The van der Waals surface area contributed by atoms with Crippen molar-refractivity contribution in [1.29, 1.82) is 0 Å². The van der Waals surface area contributed by atoms with Gasteiger partial charge in [0.2, 0.25) is 0 Å². The Morgan fingerprint density at radius 2 is 1.93 bits per heavy atom. The maximum atomic E-state index is 3.61. The second kappa shape index (κ2) is 4.84. The quantitative estimate of drug-likeness (QED) is 0.769. The zero-order valence-electron chi connectivity index (χ0n) is 10.4. The van der Waals surface area contributed by atoms with Crippen LogP contribution in [0.2, 0.25) is 0 Å². The molecule has 1 N–H and O–H groups in total. The van der Waals surface area contributed by atoms with E-state index in [4.69, 9.17) is 0 Å². The molecule has 2 rings (SSSR count). The molecule has 1 unspecified atom stereocenters. The van der Waals surface area contributed by atoms with Gasteiger partial charge in [0.15, 0.2) is 0 Å². The molecule has 2 nitrogen and oxygen atoms in total. The van der Waals surface area contributed by atoms with Gasteiger partial charge in [-0.05, 0) is 51.6 Å². The molecule has 2 heteroatoms. The van der Waals surface area contributed by atoms with Gasteiger partial charge >= 0.3 is 0 Å². The summed E-state index contributed by atoms with van der Waals surface area (Å²) in [6.07, 6.45) is 8.28. The summed E-state index contributed by atoms with van der Waals surface area (Å²) in [5, 5.41) is 3.61. The minimum Gasteiger partial charge on any atom is -0.315 e. The predicted molar refractivity (Wildman–Crippen MR) is 65.1 cm³/mol. The summed E-state index contributed by atoms with van der Waals surface area (Å²) >= 11 is 0. The van der Waals surface area contributed by atoms with E-state index in [1.807, 2.05) is 0 Å². The molecule has 0 aromatic heterocycles. The van der Waals surface area contributed by atoms with E-state index in [1.165, 1.54) is 58.2 Å². The fraction of sp³-hybridized carbons (Fsp3) is 1.00. The first-order valence-electron chi connectivity index (χ1n) is 6.80. The van der Waals surface area contributed by atoms with Gasteiger partial charge < -0.3 is 5.32 Å². The highest BCUT2D eigenvalue weighted by molar-refractivity contribution is 5.01. The van der Waals surface area contributed by atoms with Crippen molar-refractivity contribution in [2.45, 2.75) is 64.0 Å². The fourth-order valence-corrected chi connectivity index (χ4v) is 3.67.